The third-order valence-corrected chi connectivity index (χ3v) is 1.18. The summed E-state index contributed by atoms with van der Waals surface area (Å²) < 4.78 is 0. The molecule has 5 nitrogen and oxygen atoms in total. The van der Waals surface area contributed by atoms with Gasteiger partial charge < -0.3 is 10.8 Å². The first-order valence-corrected chi connectivity index (χ1v) is 2.82. The number of nitro groups is 1. The smallest absolute Gasteiger partial charge is 0.868 e. The molecule has 0 unspecified atom stereocenters. The third-order valence-electron chi connectivity index (χ3n) is 1.18. The molecule has 0 amide bonds. The Morgan fingerprint density at radius 2 is 2.00 bits per heavy atom. The number of nitrogen functional groups attached to an aromatic ring is 1. The number of anilines is 1. The van der Waals surface area contributed by atoms with Crippen LogP contribution in [0.25, 0.3) is 0 Å². The molecule has 12 heavy (non-hydrogen) atoms. The Hall–Kier alpha value is -0.780. The third kappa shape index (κ3) is 2.37. The van der Waals surface area contributed by atoms with E-state index in [4.69, 9.17) is 5.73 Å². The van der Waals surface area contributed by atoms with Crippen LogP contribution in [0.3, 0.4) is 0 Å². The van der Waals surface area contributed by atoms with Gasteiger partial charge >= 0.3 is 29.6 Å². The molecule has 0 atom stereocenters. The summed E-state index contributed by atoms with van der Waals surface area (Å²) in [6.07, 6.45) is 0. The van der Waals surface area contributed by atoms with Gasteiger partial charge in [0.25, 0.3) is 5.69 Å². The Balaban J connectivity index is 0.00000121. The van der Waals surface area contributed by atoms with Crippen LogP contribution in [0, 0.1) is 10.1 Å². The number of rotatable bonds is 1. The Labute approximate surface area is 90.6 Å². The molecule has 6 heteroatoms. The molecule has 0 bridgehead atoms. The summed E-state index contributed by atoms with van der Waals surface area (Å²) in [5, 5.41) is 20.8. The zero-order chi connectivity index (χ0) is 8.43. The fourth-order valence-electron chi connectivity index (χ4n) is 0.677. The maximum atomic E-state index is 10.7. The minimum Gasteiger partial charge on any atom is -0.868 e. The SMILES string of the molecule is Nc1ccc([O-])c([N+](=O)[O-])c1.[Na+]. The molecule has 0 saturated heterocycles. The Morgan fingerprint density at radius 1 is 1.42 bits per heavy atom. The Kier molecular flexibility index (Phi) is 4.02. The van der Waals surface area contributed by atoms with Crippen molar-refractivity contribution in [1.82, 2.24) is 0 Å². The molecule has 0 aliphatic rings. The summed E-state index contributed by atoms with van der Waals surface area (Å²) in [7, 11) is 0. The predicted molar refractivity (Wildman–Crippen MR) is 37.0 cm³/mol. The second-order valence-corrected chi connectivity index (χ2v) is 1.98. The molecule has 0 radical (unpaired) electrons. The van der Waals surface area contributed by atoms with Crippen molar-refractivity contribution in [3.8, 4) is 5.75 Å². The Bertz CT molecular complexity index is 303. The molecule has 0 aromatic heterocycles. The van der Waals surface area contributed by atoms with E-state index in [1.165, 1.54) is 6.07 Å². The molecule has 2 N–H and O–H groups in total. The van der Waals surface area contributed by atoms with E-state index < -0.39 is 16.4 Å². The number of hydrogen-bond acceptors (Lipinski definition) is 4. The van der Waals surface area contributed by atoms with E-state index in [1.807, 2.05) is 0 Å². The van der Waals surface area contributed by atoms with Crippen LogP contribution in [-0.2, 0) is 0 Å². The molecule has 0 aliphatic heterocycles. The number of hydrogen-bond donors (Lipinski definition) is 1. The van der Waals surface area contributed by atoms with Crippen molar-refractivity contribution in [3.05, 3.63) is 28.3 Å². The molecule has 0 saturated carbocycles. The molecule has 0 spiro atoms. The summed E-state index contributed by atoms with van der Waals surface area (Å²) in [6, 6.07) is 3.45. The van der Waals surface area contributed by atoms with Crippen LogP contribution in [0.2, 0.25) is 0 Å². The van der Waals surface area contributed by atoms with Gasteiger partial charge in [0.05, 0.1) is 4.92 Å². The van der Waals surface area contributed by atoms with E-state index in [0.29, 0.717) is 0 Å². The summed E-state index contributed by atoms with van der Waals surface area (Å²) in [6.45, 7) is 0. The second kappa shape index (κ2) is 4.30. The average Bonchev–Trinajstić information content (AvgIpc) is 1.94. The van der Waals surface area contributed by atoms with Gasteiger partial charge in [0.15, 0.2) is 0 Å². The van der Waals surface area contributed by atoms with Gasteiger partial charge in [-0.1, -0.05) is 6.07 Å². The van der Waals surface area contributed by atoms with E-state index in [2.05, 4.69) is 0 Å². The second-order valence-electron chi connectivity index (χ2n) is 1.98. The summed E-state index contributed by atoms with van der Waals surface area (Å²) in [5.74, 6) is -0.621. The van der Waals surface area contributed by atoms with E-state index in [1.54, 1.807) is 0 Å². The van der Waals surface area contributed by atoms with Crippen molar-refractivity contribution in [1.29, 1.82) is 0 Å². The number of nitrogens with zero attached hydrogens (tertiary/aromatic N) is 1. The maximum absolute atomic E-state index is 10.7. The van der Waals surface area contributed by atoms with Gasteiger partial charge in [0.1, 0.15) is 0 Å². The van der Waals surface area contributed by atoms with Crippen LogP contribution in [0.5, 0.6) is 5.75 Å². The molecule has 1 aromatic carbocycles. The zero-order valence-corrected chi connectivity index (χ0v) is 8.48. The van der Waals surface area contributed by atoms with Crippen LogP contribution in [0.4, 0.5) is 11.4 Å². The van der Waals surface area contributed by atoms with Gasteiger partial charge in [-0.2, -0.15) is 0 Å². The van der Waals surface area contributed by atoms with E-state index in [0.717, 1.165) is 12.1 Å². The van der Waals surface area contributed by atoms with E-state index in [9.17, 15) is 15.2 Å². The van der Waals surface area contributed by atoms with Gasteiger partial charge in [0, 0.05) is 11.8 Å². The summed E-state index contributed by atoms with van der Waals surface area (Å²) >= 11 is 0. The number of nitro benzene ring substituents is 1. The molecule has 0 heterocycles. The van der Waals surface area contributed by atoms with Gasteiger partial charge in [-0.25, -0.2) is 0 Å². The van der Waals surface area contributed by atoms with Crippen LogP contribution in [-0.4, -0.2) is 4.92 Å². The van der Waals surface area contributed by atoms with Crippen molar-refractivity contribution in [3.63, 3.8) is 0 Å². The Morgan fingerprint density at radius 3 is 2.42 bits per heavy atom. The minimum absolute atomic E-state index is 0. The number of benzene rings is 1. The minimum atomic E-state index is -0.751. The quantitative estimate of drug-likeness (QED) is 0.217. The van der Waals surface area contributed by atoms with Gasteiger partial charge in [0.2, 0.25) is 0 Å². The maximum Gasteiger partial charge on any atom is 1.00 e. The van der Waals surface area contributed by atoms with Crippen molar-refractivity contribution >= 4 is 11.4 Å². The summed E-state index contributed by atoms with van der Waals surface area (Å²) in [5.41, 5.74) is 4.96. The summed E-state index contributed by atoms with van der Waals surface area (Å²) in [4.78, 5) is 9.37. The van der Waals surface area contributed by atoms with Crippen LogP contribution >= 0.6 is 0 Å². The monoisotopic (exact) mass is 176 g/mol. The molecule has 0 fully saturated rings. The predicted octanol–water partition coefficient (Wildman–Crippen LogP) is -2.75. The van der Waals surface area contributed by atoms with Crippen LogP contribution in [0.15, 0.2) is 18.2 Å². The number of nitrogens with two attached hydrogens (primary N) is 1. The topological polar surface area (TPSA) is 92.2 Å². The molecule has 1 rings (SSSR count). The van der Waals surface area contributed by atoms with E-state index in [-0.39, 0.29) is 35.2 Å². The van der Waals surface area contributed by atoms with Crippen molar-refractivity contribution in [2.45, 2.75) is 0 Å². The zero-order valence-electron chi connectivity index (χ0n) is 6.48. The molecule has 0 aliphatic carbocycles. The van der Waals surface area contributed by atoms with Gasteiger partial charge in [-0.15, -0.1) is 0 Å². The molecular formula is C6H5N2NaO3. The van der Waals surface area contributed by atoms with E-state index >= 15 is 0 Å². The fraction of sp³-hybridized carbons (Fsp3) is 0. The normalized spacial score (nSPS) is 8.67. The first-order valence-electron chi connectivity index (χ1n) is 2.82. The fourth-order valence-corrected chi connectivity index (χ4v) is 0.677. The largest absolute Gasteiger partial charge is 1.00 e. The van der Waals surface area contributed by atoms with Gasteiger partial charge in [-0.3, -0.25) is 10.1 Å². The average molecular weight is 176 g/mol. The molecular weight excluding hydrogens is 171 g/mol. The first-order chi connectivity index (χ1) is 5.11. The standard InChI is InChI=1S/C6H6N2O3.Na/c7-4-1-2-6(9)5(3-4)8(10)11;/h1-3,9H,7H2;/q;+1/p-1. The van der Waals surface area contributed by atoms with Crippen LogP contribution in [0.1, 0.15) is 0 Å². The molecule has 58 valence electrons. The van der Waals surface area contributed by atoms with Gasteiger partial charge in [-0.05, 0) is 11.8 Å². The molecule has 1 aromatic rings. The van der Waals surface area contributed by atoms with Crippen LogP contribution < -0.4 is 40.4 Å². The van der Waals surface area contributed by atoms with Crippen molar-refractivity contribution < 1.29 is 39.6 Å². The van der Waals surface area contributed by atoms with Crippen molar-refractivity contribution in [2.24, 2.45) is 0 Å². The first kappa shape index (κ1) is 11.2. The van der Waals surface area contributed by atoms with Crippen molar-refractivity contribution in [2.75, 3.05) is 5.73 Å².